The van der Waals surface area contributed by atoms with Gasteiger partial charge < -0.3 is 0 Å². The highest BCUT2D eigenvalue weighted by Gasteiger charge is 2.34. The summed E-state index contributed by atoms with van der Waals surface area (Å²) >= 11 is 0. The molecule has 0 aromatic carbocycles. The van der Waals surface area contributed by atoms with Gasteiger partial charge in [0.05, 0.1) is 0 Å². The van der Waals surface area contributed by atoms with Crippen LogP contribution < -0.4 is 0 Å². The number of hydrogen-bond acceptors (Lipinski definition) is 0. The SMILES string of the molecule is CC(C)(C)/C=C/C1(C)CC1. The molecule has 0 aromatic heterocycles. The monoisotopic (exact) mass is 138 g/mol. The van der Waals surface area contributed by atoms with Crippen molar-refractivity contribution in [2.24, 2.45) is 10.8 Å². The van der Waals surface area contributed by atoms with Gasteiger partial charge in [-0.1, -0.05) is 39.8 Å². The minimum atomic E-state index is 0.367. The van der Waals surface area contributed by atoms with Gasteiger partial charge in [0.2, 0.25) is 0 Å². The van der Waals surface area contributed by atoms with Crippen LogP contribution in [0.15, 0.2) is 12.2 Å². The summed E-state index contributed by atoms with van der Waals surface area (Å²) in [6, 6.07) is 0. The second kappa shape index (κ2) is 2.11. The Labute approximate surface area is 64.3 Å². The molecule has 0 nitrogen and oxygen atoms in total. The molecule has 1 aliphatic rings. The molecule has 0 heterocycles. The van der Waals surface area contributed by atoms with Crippen LogP contribution in [0.1, 0.15) is 40.5 Å². The minimum Gasteiger partial charge on any atom is -0.0826 e. The third-order valence-electron chi connectivity index (χ3n) is 2.02. The highest BCUT2D eigenvalue weighted by Crippen LogP contribution is 2.46. The van der Waals surface area contributed by atoms with Crippen molar-refractivity contribution in [2.75, 3.05) is 0 Å². The lowest BCUT2D eigenvalue weighted by Gasteiger charge is -2.12. The predicted octanol–water partition coefficient (Wildman–Crippen LogP) is 3.39. The zero-order chi connectivity index (χ0) is 7.83. The van der Waals surface area contributed by atoms with Crippen LogP contribution in [0, 0.1) is 10.8 Å². The topological polar surface area (TPSA) is 0 Å². The first-order valence-electron chi connectivity index (χ1n) is 4.12. The molecule has 0 aliphatic heterocycles. The van der Waals surface area contributed by atoms with Gasteiger partial charge in [0, 0.05) is 0 Å². The Morgan fingerprint density at radius 1 is 1.20 bits per heavy atom. The third-order valence-corrected chi connectivity index (χ3v) is 2.02. The fourth-order valence-corrected chi connectivity index (χ4v) is 0.815. The zero-order valence-electron chi connectivity index (χ0n) is 7.57. The van der Waals surface area contributed by atoms with Gasteiger partial charge in [-0.25, -0.2) is 0 Å². The number of allylic oxidation sites excluding steroid dienone is 2. The summed E-state index contributed by atoms with van der Waals surface area (Å²) in [7, 11) is 0. The van der Waals surface area contributed by atoms with Gasteiger partial charge in [-0.15, -0.1) is 0 Å². The van der Waals surface area contributed by atoms with Crippen molar-refractivity contribution in [1.29, 1.82) is 0 Å². The first-order valence-corrected chi connectivity index (χ1v) is 4.12. The average Bonchev–Trinajstić information content (AvgIpc) is 2.43. The van der Waals surface area contributed by atoms with Crippen LogP contribution in [0.2, 0.25) is 0 Å². The molecule has 0 saturated heterocycles. The Balaban J connectivity index is 2.44. The van der Waals surface area contributed by atoms with Crippen LogP contribution in [0.5, 0.6) is 0 Å². The van der Waals surface area contributed by atoms with Crippen molar-refractivity contribution in [3.8, 4) is 0 Å². The van der Waals surface area contributed by atoms with Gasteiger partial charge in [-0.05, 0) is 23.7 Å². The second-order valence-electron chi connectivity index (χ2n) is 4.85. The fraction of sp³-hybridized carbons (Fsp3) is 0.800. The van der Waals surface area contributed by atoms with Crippen molar-refractivity contribution in [3.63, 3.8) is 0 Å². The predicted molar refractivity (Wildman–Crippen MR) is 45.9 cm³/mol. The van der Waals surface area contributed by atoms with Gasteiger partial charge in [-0.3, -0.25) is 0 Å². The molecular weight excluding hydrogens is 120 g/mol. The van der Waals surface area contributed by atoms with Crippen molar-refractivity contribution in [3.05, 3.63) is 12.2 Å². The summed E-state index contributed by atoms with van der Waals surface area (Å²) in [4.78, 5) is 0. The van der Waals surface area contributed by atoms with Gasteiger partial charge in [0.25, 0.3) is 0 Å². The van der Waals surface area contributed by atoms with Crippen LogP contribution in [0.25, 0.3) is 0 Å². The van der Waals surface area contributed by atoms with Crippen LogP contribution in [-0.4, -0.2) is 0 Å². The van der Waals surface area contributed by atoms with E-state index in [-0.39, 0.29) is 0 Å². The second-order valence-corrected chi connectivity index (χ2v) is 4.85. The molecule has 0 atom stereocenters. The summed E-state index contributed by atoms with van der Waals surface area (Å²) < 4.78 is 0. The Morgan fingerprint density at radius 3 is 2.00 bits per heavy atom. The normalized spacial score (nSPS) is 23.6. The van der Waals surface area contributed by atoms with E-state index in [1.165, 1.54) is 12.8 Å². The molecule has 1 fully saturated rings. The van der Waals surface area contributed by atoms with E-state index in [4.69, 9.17) is 0 Å². The van der Waals surface area contributed by atoms with Crippen LogP contribution in [0.4, 0.5) is 0 Å². The molecule has 0 spiro atoms. The van der Waals surface area contributed by atoms with Crippen LogP contribution >= 0.6 is 0 Å². The molecule has 0 radical (unpaired) electrons. The molecule has 0 amide bonds. The van der Waals surface area contributed by atoms with E-state index < -0.39 is 0 Å². The van der Waals surface area contributed by atoms with Crippen molar-refractivity contribution >= 4 is 0 Å². The minimum absolute atomic E-state index is 0.367. The van der Waals surface area contributed by atoms with Gasteiger partial charge in [-0.2, -0.15) is 0 Å². The maximum atomic E-state index is 2.38. The Kier molecular flexibility index (Phi) is 1.66. The first-order chi connectivity index (χ1) is 4.41. The standard InChI is InChI=1S/C10H18/c1-9(2,3)5-6-10(4)7-8-10/h5-6H,7-8H2,1-4H3/b6-5+. The van der Waals surface area contributed by atoms with E-state index in [0.29, 0.717) is 10.8 Å². The molecule has 1 aliphatic carbocycles. The first kappa shape index (κ1) is 7.84. The third kappa shape index (κ3) is 2.55. The van der Waals surface area contributed by atoms with Crippen molar-refractivity contribution < 1.29 is 0 Å². The highest BCUT2D eigenvalue weighted by atomic mass is 14.4. The Hall–Kier alpha value is -0.260. The lowest BCUT2D eigenvalue weighted by atomic mass is 9.94. The highest BCUT2D eigenvalue weighted by molar-refractivity contribution is 5.09. The molecule has 0 unspecified atom stereocenters. The van der Waals surface area contributed by atoms with Crippen LogP contribution in [-0.2, 0) is 0 Å². The number of hydrogen-bond donors (Lipinski definition) is 0. The Bertz CT molecular complexity index is 135. The molecule has 0 heteroatoms. The lowest BCUT2D eigenvalue weighted by Crippen LogP contribution is -2.00. The fourth-order valence-electron chi connectivity index (χ4n) is 0.815. The molecule has 58 valence electrons. The molecule has 1 rings (SSSR count). The van der Waals surface area contributed by atoms with Gasteiger partial charge >= 0.3 is 0 Å². The summed E-state index contributed by atoms with van der Waals surface area (Å²) in [5, 5.41) is 0. The summed E-state index contributed by atoms with van der Waals surface area (Å²) in [5.74, 6) is 0. The summed E-state index contributed by atoms with van der Waals surface area (Å²) in [5.41, 5.74) is 0.943. The zero-order valence-corrected chi connectivity index (χ0v) is 7.57. The average molecular weight is 138 g/mol. The summed E-state index contributed by atoms with van der Waals surface area (Å²) in [6.07, 6.45) is 7.49. The lowest BCUT2D eigenvalue weighted by molar-refractivity contribution is 0.535. The van der Waals surface area contributed by atoms with E-state index in [2.05, 4.69) is 39.8 Å². The molecule has 0 N–H and O–H groups in total. The van der Waals surface area contributed by atoms with E-state index in [0.717, 1.165) is 0 Å². The molecule has 0 bridgehead atoms. The maximum Gasteiger partial charge on any atom is -0.0146 e. The van der Waals surface area contributed by atoms with E-state index in [9.17, 15) is 0 Å². The van der Waals surface area contributed by atoms with E-state index >= 15 is 0 Å². The largest absolute Gasteiger partial charge is 0.0826 e. The van der Waals surface area contributed by atoms with Crippen LogP contribution in [0.3, 0.4) is 0 Å². The molecular formula is C10H18. The quantitative estimate of drug-likeness (QED) is 0.487. The van der Waals surface area contributed by atoms with Crippen molar-refractivity contribution in [1.82, 2.24) is 0 Å². The molecule has 10 heavy (non-hydrogen) atoms. The molecule has 0 aromatic rings. The number of rotatable bonds is 1. The smallest absolute Gasteiger partial charge is 0.0146 e. The van der Waals surface area contributed by atoms with E-state index in [1.54, 1.807) is 0 Å². The maximum absolute atomic E-state index is 2.38. The van der Waals surface area contributed by atoms with Gasteiger partial charge in [0.1, 0.15) is 0 Å². The van der Waals surface area contributed by atoms with Gasteiger partial charge in [0.15, 0.2) is 0 Å². The van der Waals surface area contributed by atoms with Crippen molar-refractivity contribution in [2.45, 2.75) is 40.5 Å². The Morgan fingerprint density at radius 2 is 1.70 bits per heavy atom. The van der Waals surface area contributed by atoms with E-state index in [1.807, 2.05) is 0 Å². The molecule has 1 saturated carbocycles. The summed E-state index contributed by atoms with van der Waals surface area (Å²) in [6.45, 7) is 9.06.